The fraction of sp³-hybridized carbons (Fsp3) is 0.176. The number of hydrogen-bond acceptors (Lipinski definition) is 4. The van der Waals surface area contributed by atoms with Crippen molar-refractivity contribution in [3.05, 3.63) is 75.8 Å². The smallest absolute Gasteiger partial charge is 0.269 e. The number of non-ortho nitro benzene ring substituents is 1. The van der Waals surface area contributed by atoms with Crippen molar-refractivity contribution in [3.8, 4) is 0 Å². The number of nitro groups is 1. The van der Waals surface area contributed by atoms with Crippen molar-refractivity contribution in [3.63, 3.8) is 0 Å². The fourth-order valence-electron chi connectivity index (χ4n) is 2.11. The van der Waals surface area contributed by atoms with Crippen LogP contribution in [0.4, 0.5) is 5.69 Å². The van der Waals surface area contributed by atoms with Crippen LogP contribution in [0.1, 0.15) is 34.1 Å². The second-order valence-electron chi connectivity index (χ2n) is 5.17. The summed E-state index contributed by atoms with van der Waals surface area (Å²) in [5.74, 6) is -0.421. The lowest BCUT2D eigenvalue weighted by Gasteiger charge is -2.13. The molecule has 0 bridgehead atoms. The number of nitrogens with one attached hydrogen (secondary N) is 1. The molecule has 0 radical (unpaired) electrons. The molecule has 2 rings (SSSR count). The highest BCUT2D eigenvalue weighted by Gasteiger charge is 2.15. The van der Waals surface area contributed by atoms with Gasteiger partial charge in [0.05, 0.1) is 4.92 Å². The Morgan fingerprint density at radius 2 is 1.65 bits per heavy atom. The molecule has 0 fully saturated rings. The van der Waals surface area contributed by atoms with Crippen molar-refractivity contribution in [1.29, 1.82) is 0 Å². The van der Waals surface area contributed by atoms with E-state index in [1.165, 1.54) is 24.3 Å². The molecule has 23 heavy (non-hydrogen) atoms. The summed E-state index contributed by atoms with van der Waals surface area (Å²) in [5, 5.41) is 13.3. The Kier molecular flexibility index (Phi) is 5.19. The Bertz CT molecular complexity index is 711. The number of carbonyl (C=O) groups excluding carboxylic acids is 2. The Labute approximate surface area is 133 Å². The second-order valence-corrected chi connectivity index (χ2v) is 5.17. The predicted octanol–water partition coefficient (Wildman–Crippen LogP) is 2.99. The van der Waals surface area contributed by atoms with Gasteiger partial charge in [0, 0.05) is 35.7 Å². The number of Topliss-reactive ketones (excluding diaryl/α,β-unsaturated/α-hetero) is 1. The van der Waals surface area contributed by atoms with Crippen LogP contribution in [0.3, 0.4) is 0 Å². The zero-order valence-corrected chi connectivity index (χ0v) is 12.6. The monoisotopic (exact) mass is 312 g/mol. The number of rotatable bonds is 6. The molecule has 1 atom stereocenters. The highest BCUT2D eigenvalue weighted by molar-refractivity contribution is 5.98. The zero-order chi connectivity index (χ0) is 16.8. The van der Waals surface area contributed by atoms with Gasteiger partial charge in [0.2, 0.25) is 0 Å². The second kappa shape index (κ2) is 7.31. The summed E-state index contributed by atoms with van der Waals surface area (Å²) in [7, 11) is 0. The van der Waals surface area contributed by atoms with Gasteiger partial charge in [-0.3, -0.25) is 19.7 Å². The maximum Gasteiger partial charge on any atom is 0.269 e. The summed E-state index contributed by atoms with van der Waals surface area (Å²) in [6, 6.07) is 13.8. The molecule has 2 aromatic rings. The van der Waals surface area contributed by atoms with E-state index in [4.69, 9.17) is 0 Å². The van der Waals surface area contributed by atoms with E-state index in [-0.39, 0.29) is 29.8 Å². The Balaban J connectivity index is 1.94. The van der Waals surface area contributed by atoms with Crippen LogP contribution in [0.2, 0.25) is 0 Å². The molecule has 1 N–H and O–H groups in total. The number of ketones is 1. The summed E-state index contributed by atoms with van der Waals surface area (Å²) in [6.45, 7) is 1.74. The van der Waals surface area contributed by atoms with Crippen LogP contribution >= 0.6 is 0 Å². The first-order chi connectivity index (χ1) is 11.0. The van der Waals surface area contributed by atoms with Crippen LogP contribution in [0.25, 0.3) is 0 Å². The molecular formula is C17H16N2O4. The Morgan fingerprint density at radius 1 is 1.04 bits per heavy atom. The molecule has 1 amide bonds. The third-order valence-electron chi connectivity index (χ3n) is 3.31. The number of nitrogens with zero attached hydrogens (tertiary/aromatic N) is 1. The number of amides is 1. The molecule has 0 spiro atoms. The molecule has 0 aliphatic rings. The van der Waals surface area contributed by atoms with Gasteiger partial charge < -0.3 is 5.32 Å². The molecule has 6 heteroatoms. The van der Waals surface area contributed by atoms with E-state index in [2.05, 4.69) is 5.32 Å². The van der Waals surface area contributed by atoms with E-state index in [1.807, 2.05) is 6.07 Å². The van der Waals surface area contributed by atoms with Crippen LogP contribution in [-0.4, -0.2) is 22.7 Å². The molecule has 0 aromatic heterocycles. The molecule has 118 valence electrons. The predicted molar refractivity (Wildman–Crippen MR) is 85.4 cm³/mol. The number of hydrogen-bond donors (Lipinski definition) is 1. The van der Waals surface area contributed by atoms with Gasteiger partial charge in [-0.05, 0) is 19.1 Å². The number of nitro benzene ring substituents is 1. The minimum Gasteiger partial charge on any atom is -0.349 e. The lowest BCUT2D eigenvalue weighted by Crippen LogP contribution is -2.34. The average molecular weight is 312 g/mol. The van der Waals surface area contributed by atoms with Gasteiger partial charge in [-0.2, -0.15) is 0 Å². The largest absolute Gasteiger partial charge is 0.349 e. The third-order valence-corrected chi connectivity index (χ3v) is 3.31. The summed E-state index contributed by atoms with van der Waals surface area (Å²) in [4.78, 5) is 34.2. The van der Waals surface area contributed by atoms with E-state index in [0.717, 1.165) is 0 Å². The number of benzene rings is 2. The first-order valence-corrected chi connectivity index (χ1v) is 7.11. The maximum atomic E-state index is 12.1. The normalized spacial score (nSPS) is 11.5. The van der Waals surface area contributed by atoms with Gasteiger partial charge in [-0.1, -0.05) is 30.3 Å². The van der Waals surface area contributed by atoms with E-state index in [0.29, 0.717) is 11.1 Å². The minimum absolute atomic E-state index is 0.0536. The SMILES string of the molecule is C[C@H](CC(=O)c1ccccc1)NC(=O)c1ccc([N+](=O)[O-])cc1. The van der Waals surface area contributed by atoms with Gasteiger partial charge in [0.1, 0.15) is 0 Å². The van der Waals surface area contributed by atoms with E-state index >= 15 is 0 Å². The first kappa shape index (κ1) is 16.4. The quantitative estimate of drug-likeness (QED) is 0.504. The Hall–Kier alpha value is -3.02. The molecule has 0 saturated heterocycles. The highest BCUT2D eigenvalue weighted by atomic mass is 16.6. The molecule has 0 saturated carbocycles. The molecule has 0 unspecified atom stereocenters. The molecule has 0 heterocycles. The molecule has 2 aromatic carbocycles. The lowest BCUT2D eigenvalue weighted by atomic mass is 10.0. The van der Waals surface area contributed by atoms with Gasteiger partial charge in [0.25, 0.3) is 11.6 Å². The van der Waals surface area contributed by atoms with Crippen LogP contribution in [0.5, 0.6) is 0 Å². The fourth-order valence-corrected chi connectivity index (χ4v) is 2.11. The van der Waals surface area contributed by atoms with E-state index in [9.17, 15) is 19.7 Å². The van der Waals surface area contributed by atoms with Crippen LogP contribution in [0.15, 0.2) is 54.6 Å². The third kappa shape index (κ3) is 4.47. The lowest BCUT2D eigenvalue weighted by molar-refractivity contribution is -0.384. The van der Waals surface area contributed by atoms with Crippen LogP contribution in [-0.2, 0) is 0 Å². The average Bonchev–Trinajstić information content (AvgIpc) is 2.55. The van der Waals surface area contributed by atoms with Gasteiger partial charge in [-0.15, -0.1) is 0 Å². The first-order valence-electron chi connectivity index (χ1n) is 7.11. The molecular weight excluding hydrogens is 296 g/mol. The summed E-state index contributed by atoms with van der Waals surface area (Å²) >= 11 is 0. The van der Waals surface area contributed by atoms with Crippen molar-refractivity contribution in [1.82, 2.24) is 5.32 Å². The van der Waals surface area contributed by atoms with E-state index in [1.54, 1.807) is 31.2 Å². The van der Waals surface area contributed by atoms with Crippen LogP contribution in [0, 0.1) is 10.1 Å². The van der Waals surface area contributed by atoms with Gasteiger partial charge in [0.15, 0.2) is 5.78 Å². The van der Waals surface area contributed by atoms with Crippen molar-refractivity contribution in [2.75, 3.05) is 0 Å². The van der Waals surface area contributed by atoms with Crippen molar-refractivity contribution < 1.29 is 14.5 Å². The number of carbonyl (C=O) groups is 2. The standard InChI is InChI=1S/C17H16N2O4/c1-12(11-16(20)13-5-3-2-4-6-13)18-17(21)14-7-9-15(10-8-14)19(22)23/h2-10,12H,11H2,1H3,(H,18,21)/t12-/m1/s1. The van der Waals surface area contributed by atoms with Gasteiger partial charge >= 0.3 is 0 Å². The van der Waals surface area contributed by atoms with Gasteiger partial charge in [-0.25, -0.2) is 0 Å². The highest BCUT2D eigenvalue weighted by Crippen LogP contribution is 2.12. The van der Waals surface area contributed by atoms with Crippen molar-refractivity contribution >= 4 is 17.4 Å². The van der Waals surface area contributed by atoms with Crippen molar-refractivity contribution in [2.45, 2.75) is 19.4 Å². The van der Waals surface area contributed by atoms with E-state index < -0.39 is 4.92 Å². The van der Waals surface area contributed by atoms with Crippen LogP contribution < -0.4 is 5.32 Å². The minimum atomic E-state index is -0.525. The summed E-state index contributed by atoms with van der Waals surface area (Å²) in [6.07, 6.45) is 0.183. The maximum absolute atomic E-state index is 12.1. The molecule has 0 aliphatic carbocycles. The summed E-state index contributed by atoms with van der Waals surface area (Å²) < 4.78 is 0. The zero-order valence-electron chi connectivity index (χ0n) is 12.6. The Morgan fingerprint density at radius 3 is 2.22 bits per heavy atom. The molecule has 6 nitrogen and oxygen atoms in total. The summed E-state index contributed by atoms with van der Waals surface area (Å²) in [5.41, 5.74) is 0.840. The topological polar surface area (TPSA) is 89.3 Å². The molecule has 0 aliphatic heterocycles. The van der Waals surface area contributed by atoms with Crippen molar-refractivity contribution in [2.24, 2.45) is 0 Å².